The van der Waals surface area contributed by atoms with Crippen molar-refractivity contribution in [3.63, 3.8) is 0 Å². The van der Waals surface area contributed by atoms with Gasteiger partial charge in [-0.3, -0.25) is 4.79 Å². The quantitative estimate of drug-likeness (QED) is 0.566. The minimum atomic E-state index is -0.0783. The molecule has 0 aliphatic heterocycles. The molecule has 1 atom stereocenters. The minimum Gasteiger partial charge on any atom is -0.366 e. The molecule has 27 heavy (non-hydrogen) atoms. The molecule has 0 saturated carbocycles. The molecule has 4 rings (SSSR count). The Balaban J connectivity index is 1.52. The van der Waals surface area contributed by atoms with Crippen molar-refractivity contribution in [2.75, 3.05) is 5.73 Å². The van der Waals surface area contributed by atoms with Crippen LogP contribution in [0.2, 0.25) is 0 Å². The van der Waals surface area contributed by atoms with Gasteiger partial charge in [-0.25, -0.2) is 4.52 Å². The first-order valence-electron chi connectivity index (χ1n) is 8.58. The predicted octanol–water partition coefficient (Wildman–Crippen LogP) is 3.84. The number of carbonyl (C=O) groups is 1. The highest BCUT2D eigenvalue weighted by Gasteiger charge is 2.14. The molecule has 0 unspecified atom stereocenters. The molecule has 3 heterocycles. The summed E-state index contributed by atoms with van der Waals surface area (Å²) in [7, 11) is 0. The fourth-order valence-electron chi connectivity index (χ4n) is 2.88. The van der Waals surface area contributed by atoms with E-state index in [2.05, 4.69) is 15.4 Å². The van der Waals surface area contributed by atoms with Crippen molar-refractivity contribution in [2.24, 2.45) is 0 Å². The Kier molecular flexibility index (Phi) is 4.37. The van der Waals surface area contributed by atoms with Crippen LogP contribution < -0.4 is 11.1 Å². The third kappa shape index (κ3) is 3.54. The van der Waals surface area contributed by atoms with Gasteiger partial charge in [0.2, 0.25) is 5.95 Å². The smallest absolute Gasteiger partial charge is 0.261 e. The summed E-state index contributed by atoms with van der Waals surface area (Å²) in [6, 6.07) is 13.8. The number of anilines is 1. The van der Waals surface area contributed by atoms with Gasteiger partial charge in [-0.2, -0.15) is 4.98 Å². The van der Waals surface area contributed by atoms with Crippen LogP contribution in [0.3, 0.4) is 0 Å². The Morgan fingerprint density at radius 1 is 1.19 bits per heavy atom. The van der Waals surface area contributed by atoms with E-state index in [1.165, 1.54) is 16.9 Å². The van der Waals surface area contributed by atoms with Crippen molar-refractivity contribution in [3.05, 3.63) is 70.0 Å². The van der Waals surface area contributed by atoms with E-state index in [0.29, 0.717) is 10.5 Å². The van der Waals surface area contributed by atoms with Crippen LogP contribution in [0.5, 0.6) is 0 Å². The normalized spacial score (nSPS) is 12.2. The first kappa shape index (κ1) is 17.2. The molecule has 1 aromatic carbocycles. The molecule has 0 aliphatic carbocycles. The third-order valence-electron chi connectivity index (χ3n) is 4.43. The van der Waals surface area contributed by atoms with E-state index in [0.717, 1.165) is 16.7 Å². The van der Waals surface area contributed by atoms with E-state index in [4.69, 9.17) is 5.73 Å². The predicted molar refractivity (Wildman–Crippen MR) is 108 cm³/mol. The molecule has 0 bridgehead atoms. The standard InChI is InChI=1S/C20H19N5OS/c1-12-3-5-14(6-4-12)13(2)22-19(26)17-9-16(11-27-17)15-7-8-18-23-20(21)24-25(18)10-15/h3-11,13H,1-2H3,(H2,21,24)(H,22,26)/t13-/m0/s1. The van der Waals surface area contributed by atoms with Gasteiger partial charge < -0.3 is 11.1 Å². The van der Waals surface area contributed by atoms with E-state index < -0.39 is 0 Å². The summed E-state index contributed by atoms with van der Waals surface area (Å²) in [5.74, 6) is 0.160. The van der Waals surface area contributed by atoms with Crippen molar-refractivity contribution >= 4 is 28.8 Å². The zero-order valence-corrected chi connectivity index (χ0v) is 15.8. The number of aromatic nitrogens is 3. The van der Waals surface area contributed by atoms with Gasteiger partial charge in [-0.1, -0.05) is 29.8 Å². The van der Waals surface area contributed by atoms with E-state index in [1.807, 2.05) is 67.9 Å². The Morgan fingerprint density at radius 2 is 1.96 bits per heavy atom. The van der Waals surface area contributed by atoms with Crippen molar-refractivity contribution in [1.29, 1.82) is 0 Å². The zero-order valence-electron chi connectivity index (χ0n) is 15.0. The molecule has 136 valence electrons. The Labute approximate surface area is 160 Å². The molecule has 0 aliphatic rings. The second-order valence-corrected chi connectivity index (χ2v) is 7.41. The maximum atomic E-state index is 12.6. The van der Waals surface area contributed by atoms with E-state index >= 15 is 0 Å². The molecule has 0 fully saturated rings. The van der Waals surface area contributed by atoms with E-state index in [9.17, 15) is 4.79 Å². The number of carbonyl (C=O) groups excluding carboxylic acids is 1. The zero-order chi connectivity index (χ0) is 19.0. The molecule has 1 amide bonds. The van der Waals surface area contributed by atoms with Crippen molar-refractivity contribution in [3.8, 4) is 11.1 Å². The Morgan fingerprint density at radius 3 is 2.74 bits per heavy atom. The van der Waals surface area contributed by atoms with Crippen LogP contribution in [-0.4, -0.2) is 20.5 Å². The van der Waals surface area contributed by atoms with Gasteiger partial charge in [0.25, 0.3) is 5.91 Å². The number of hydrogen-bond donors (Lipinski definition) is 2. The molecular weight excluding hydrogens is 358 g/mol. The Bertz CT molecular complexity index is 1110. The van der Waals surface area contributed by atoms with Crippen LogP contribution in [0.4, 0.5) is 5.95 Å². The number of nitrogens with two attached hydrogens (primary N) is 1. The van der Waals surface area contributed by atoms with Gasteiger partial charge >= 0.3 is 0 Å². The van der Waals surface area contributed by atoms with Crippen LogP contribution in [0.25, 0.3) is 16.8 Å². The van der Waals surface area contributed by atoms with Crippen molar-refractivity contribution < 1.29 is 4.79 Å². The number of hydrogen-bond acceptors (Lipinski definition) is 5. The number of rotatable bonds is 4. The maximum absolute atomic E-state index is 12.6. The highest BCUT2D eigenvalue weighted by molar-refractivity contribution is 7.12. The topological polar surface area (TPSA) is 85.3 Å². The SMILES string of the molecule is Cc1ccc([C@H](C)NC(=O)c2cc(-c3ccc4nc(N)nn4c3)cs2)cc1. The second kappa shape index (κ2) is 6.85. The number of amides is 1. The lowest BCUT2D eigenvalue weighted by Crippen LogP contribution is -2.25. The lowest BCUT2D eigenvalue weighted by molar-refractivity contribution is 0.0944. The molecule has 7 heteroatoms. The first-order chi connectivity index (χ1) is 13.0. The number of nitrogens with one attached hydrogen (secondary N) is 1. The van der Waals surface area contributed by atoms with Gasteiger partial charge in [0.1, 0.15) is 0 Å². The number of thiophene rings is 1. The number of nitrogen functional groups attached to an aromatic ring is 1. The molecule has 4 aromatic rings. The van der Waals surface area contributed by atoms with E-state index in [-0.39, 0.29) is 17.9 Å². The third-order valence-corrected chi connectivity index (χ3v) is 5.36. The molecule has 0 saturated heterocycles. The summed E-state index contributed by atoms with van der Waals surface area (Å²) in [6.45, 7) is 4.03. The highest BCUT2D eigenvalue weighted by Crippen LogP contribution is 2.26. The maximum Gasteiger partial charge on any atom is 0.261 e. The van der Waals surface area contributed by atoms with Crippen LogP contribution in [0, 0.1) is 6.92 Å². The van der Waals surface area contributed by atoms with Crippen LogP contribution in [0.1, 0.15) is 33.8 Å². The largest absolute Gasteiger partial charge is 0.366 e. The number of nitrogens with zero attached hydrogens (tertiary/aromatic N) is 3. The molecule has 6 nitrogen and oxygen atoms in total. The second-order valence-electron chi connectivity index (χ2n) is 6.50. The lowest BCUT2D eigenvalue weighted by atomic mass is 10.1. The summed E-state index contributed by atoms with van der Waals surface area (Å²) >= 11 is 1.42. The van der Waals surface area contributed by atoms with Gasteiger partial charge in [-0.15, -0.1) is 16.4 Å². The number of aryl methyl sites for hydroxylation is 1. The lowest BCUT2D eigenvalue weighted by Gasteiger charge is -2.13. The number of fused-ring (bicyclic) bond motifs is 1. The summed E-state index contributed by atoms with van der Waals surface area (Å²) in [5, 5.41) is 9.15. The molecule has 0 spiro atoms. The van der Waals surface area contributed by atoms with Gasteiger partial charge in [-0.05, 0) is 48.6 Å². The highest BCUT2D eigenvalue weighted by atomic mass is 32.1. The van der Waals surface area contributed by atoms with Gasteiger partial charge in [0.15, 0.2) is 5.65 Å². The molecule has 3 aromatic heterocycles. The average Bonchev–Trinajstić information content (AvgIpc) is 3.27. The summed E-state index contributed by atoms with van der Waals surface area (Å²) in [4.78, 5) is 17.4. The molecule has 0 radical (unpaired) electrons. The monoisotopic (exact) mass is 377 g/mol. The van der Waals surface area contributed by atoms with Crippen LogP contribution >= 0.6 is 11.3 Å². The summed E-state index contributed by atoms with van der Waals surface area (Å²) < 4.78 is 1.64. The minimum absolute atomic E-state index is 0.0573. The Hall–Kier alpha value is -3.19. The van der Waals surface area contributed by atoms with Crippen molar-refractivity contribution in [1.82, 2.24) is 19.9 Å². The fraction of sp³-hybridized carbons (Fsp3) is 0.150. The van der Waals surface area contributed by atoms with Crippen LogP contribution in [-0.2, 0) is 0 Å². The molecule has 3 N–H and O–H groups in total. The number of pyridine rings is 1. The fourth-order valence-corrected chi connectivity index (χ4v) is 3.70. The van der Waals surface area contributed by atoms with E-state index in [1.54, 1.807) is 4.52 Å². The first-order valence-corrected chi connectivity index (χ1v) is 9.46. The van der Waals surface area contributed by atoms with Gasteiger partial charge in [0.05, 0.1) is 10.9 Å². The van der Waals surface area contributed by atoms with Gasteiger partial charge in [0, 0.05) is 11.8 Å². The van der Waals surface area contributed by atoms with Crippen LogP contribution in [0.15, 0.2) is 54.0 Å². The average molecular weight is 377 g/mol. The number of benzene rings is 1. The van der Waals surface area contributed by atoms with Crippen molar-refractivity contribution in [2.45, 2.75) is 19.9 Å². The summed E-state index contributed by atoms with van der Waals surface area (Å²) in [6.07, 6.45) is 1.86. The summed E-state index contributed by atoms with van der Waals surface area (Å²) in [5.41, 5.74) is 10.5. The molecular formula is C20H19N5OS.